The second-order valence-electron chi connectivity index (χ2n) is 5.97. The Morgan fingerprint density at radius 1 is 1.09 bits per heavy atom. The van der Waals surface area contributed by atoms with Gasteiger partial charge in [-0.3, -0.25) is 9.78 Å². The van der Waals surface area contributed by atoms with Gasteiger partial charge in [-0.05, 0) is 48.5 Å². The quantitative estimate of drug-likeness (QED) is 0.456. The molecule has 0 saturated heterocycles. The first-order valence-electron chi connectivity index (χ1n) is 11.6. The Morgan fingerprint density at radius 3 is 2.50 bits per heavy atom. The topological polar surface area (TPSA) is 92.3 Å². The molecule has 0 radical (unpaired) electrons. The molecule has 0 atom stereocenters. The number of urea groups is 1. The van der Waals surface area contributed by atoms with E-state index in [1.807, 2.05) is 5.32 Å². The van der Waals surface area contributed by atoms with Gasteiger partial charge >= 0.3 is 12.2 Å². The summed E-state index contributed by atoms with van der Waals surface area (Å²) < 4.78 is 89.8. The van der Waals surface area contributed by atoms with Crippen LogP contribution in [-0.2, 0) is 6.18 Å². The fourth-order valence-electron chi connectivity index (χ4n) is 2.33. The molecule has 7 nitrogen and oxygen atoms in total. The zero-order valence-electron chi connectivity index (χ0n) is 21.7. The van der Waals surface area contributed by atoms with Gasteiger partial charge in [-0.15, -0.1) is 0 Å². The molecule has 0 bridgehead atoms. The number of amides is 3. The minimum Gasteiger partial charge on any atom is -0.457 e. The second-order valence-corrected chi connectivity index (χ2v) is 6.35. The lowest BCUT2D eigenvalue weighted by Gasteiger charge is -2.12. The summed E-state index contributed by atoms with van der Waals surface area (Å²) in [5.41, 5.74) is -2.55. The number of nitrogens with one attached hydrogen (secondary N) is 3. The highest BCUT2D eigenvalue weighted by Gasteiger charge is 2.33. The summed E-state index contributed by atoms with van der Waals surface area (Å²) in [6.45, 7) is -2.70. The normalized spacial score (nSPS) is 14.0. The number of carbonyl (C=O) groups excluding carboxylic acids is 2. The van der Waals surface area contributed by atoms with Crippen LogP contribution in [0.1, 0.15) is 24.3 Å². The van der Waals surface area contributed by atoms with E-state index >= 15 is 0 Å². The van der Waals surface area contributed by atoms with Gasteiger partial charge in [-0.2, -0.15) is 13.2 Å². The van der Waals surface area contributed by atoms with E-state index in [0.29, 0.717) is 0 Å². The predicted octanol–water partition coefficient (Wildman–Crippen LogP) is 5.55. The molecule has 0 aliphatic heterocycles. The fraction of sp³-hybridized carbons (Fsp3) is 0.0952. The monoisotopic (exact) mass is 470 g/mol. The molecule has 0 fully saturated rings. The van der Waals surface area contributed by atoms with Gasteiger partial charge in [0.1, 0.15) is 17.2 Å². The van der Waals surface area contributed by atoms with E-state index in [-0.39, 0.29) is 22.9 Å². The molecule has 3 aromatic rings. The molecule has 11 heteroatoms. The zero-order chi connectivity index (χ0) is 28.4. The van der Waals surface area contributed by atoms with Crippen LogP contribution in [0.5, 0.6) is 11.5 Å². The van der Waals surface area contributed by atoms with E-state index in [4.69, 9.17) is 24.6 Å². The van der Waals surface area contributed by atoms with Crippen LogP contribution in [0.25, 0.3) is 0 Å². The van der Waals surface area contributed by atoms with Gasteiger partial charge in [0.2, 0.25) is 0 Å². The standard InChI is InChI=1S/C21H16ClF3N4O3/c1-26-19(30)18-11-15(8-9-27-18)32-14-5-2-12(3-6-14)28-20(31)29-13-4-7-17(22)16(10-13)21(23,24)25/h2-11H,1H3,(H,26,30)(H2,28,29,31)/i1D3,4D,7D,10D. The highest BCUT2D eigenvalue weighted by molar-refractivity contribution is 6.31. The lowest BCUT2D eigenvalue weighted by atomic mass is 10.2. The van der Waals surface area contributed by atoms with Gasteiger partial charge in [0.25, 0.3) is 5.91 Å². The number of carbonyl (C=O) groups is 2. The van der Waals surface area contributed by atoms with Crippen molar-refractivity contribution in [2.45, 2.75) is 6.18 Å². The number of hydrogen-bond donors (Lipinski definition) is 3. The van der Waals surface area contributed by atoms with Crippen molar-refractivity contribution in [1.82, 2.24) is 10.3 Å². The summed E-state index contributed by atoms with van der Waals surface area (Å²) in [6.07, 6.45) is -3.86. The van der Waals surface area contributed by atoms with Gasteiger partial charge in [0.15, 0.2) is 0 Å². The van der Waals surface area contributed by atoms with Crippen molar-refractivity contribution in [3.63, 3.8) is 0 Å². The van der Waals surface area contributed by atoms with Gasteiger partial charge in [0, 0.05) is 34.7 Å². The molecule has 1 aromatic heterocycles. The predicted molar refractivity (Wildman–Crippen MR) is 113 cm³/mol. The average molecular weight is 471 g/mol. The third kappa shape index (κ3) is 5.88. The molecule has 166 valence electrons. The van der Waals surface area contributed by atoms with Gasteiger partial charge < -0.3 is 20.7 Å². The SMILES string of the molecule is [2H]c1c([2H])c(NC(=O)Nc2ccc(Oc3ccnc(C(=O)NC([2H])([2H])[2H])c3)cc2)c([2H])c(C(F)(F)F)c1Cl. The molecule has 0 spiro atoms. The number of anilines is 2. The van der Waals surface area contributed by atoms with Crippen LogP contribution in [-0.4, -0.2) is 23.9 Å². The highest BCUT2D eigenvalue weighted by atomic mass is 35.5. The number of halogens is 4. The summed E-state index contributed by atoms with van der Waals surface area (Å²) in [5, 5.41) is 4.96. The summed E-state index contributed by atoms with van der Waals surface area (Å²) in [5.74, 6) is -0.555. The maximum atomic E-state index is 13.3. The minimum absolute atomic E-state index is 0.148. The van der Waals surface area contributed by atoms with Crippen LogP contribution in [0.4, 0.5) is 29.3 Å². The zero-order valence-corrected chi connectivity index (χ0v) is 16.5. The first kappa shape index (κ1) is 15.9. The molecule has 0 aliphatic rings. The van der Waals surface area contributed by atoms with E-state index in [1.165, 1.54) is 42.6 Å². The number of benzene rings is 2. The van der Waals surface area contributed by atoms with Gasteiger partial charge in [-0.25, -0.2) is 4.79 Å². The van der Waals surface area contributed by atoms with Crippen molar-refractivity contribution in [3.05, 3.63) is 77.0 Å². The van der Waals surface area contributed by atoms with Crippen LogP contribution in [0, 0.1) is 0 Å². The molecule has 32 heavy (non-hydrogen) atoms. The Balaban J connectivity index is 1.71. The Bertz CT molecular complexity index is 1390. The molecule has 1 heterocycles. The lowest BCUT2D eigenvalue weighted by molar-refractivity contribution is -0.137. The summed E-state index contributed by atoms with van der Waals surface area (Å²) in [6, 6.07) is 3.93. The Morgan fingerprint density at radius 2 is 1.81 bits per heavy atom. The Labute approximate surface area is 194 Å². The number of pyridine rings is 1. The summed E-state index contributed by atoms with van der Waals surface area (Å²) >= 11 is 5.52. The largest absolute Gasteiger partial charge is 0.457 e. The molecule has 0 unspecified atom stereocenters. The van der Waals surface area contributed by atoms with E-state index in [2.05, 4.69) is 10.3 Å². The summed E-state index contributed by atoms with van der Waals surface area (Å²) in [7, 11) is 0. The lowest BCUT2D eigenvalue weighted by Crippen LogP contribution is -2.19. The van der Waals surface area contributed by atoms with Crippen molar-refractivity contribution in [2.75, 3.05) is 17.6 Å². The van der Waals surface area contributed by atoms with E-state index < -0.39 is 59.5 Å². The molecule has 3 N–H and O–H groups in total. The maximum absolute atomic E-state index is 13.3. The highest BCUT2D eigenvalue weighted by Crippen LogP contribution is 2.36. The Hall–Kier alpha value is -3.79. The number of aromatic nitrogens is 1. The smallest absolute Gasteiger partial charge is 0.417 e. The van der Waals surface area contributed by atoms with E-state index in [1.54, 1.807) is 5.32 Å². The van der Waals surface area contributed by atoms with Crippen LogP contribution in [0.3, 0.4) is 0 Å². The van der Waals surface area contributed by atoms with Crippen molar-refractivity contribution in [1.29, 1.82) is 0 Å². The molecule has 2 aromatic carbocycles. The number of alkyl halides is 3. The molecule has 0 aliphatic carbocycles. The molecular formula is C21H16ClF3N4O3. The molecule has 3 amide bonds. The maximum Gasteiger partial charge on any atom is 0.417 e. The van der Waals surface area contributed by atoms with Crippen LogP contribution >= 0.6 is 11.6 Å². The summed E-state index contributed by atoms with van der Waals surface area (Å²) in [4.78, 5) is 28.1. The van der Waals surface area contributed by atoms with Crippen molar-refractivity contribution in [3.8, 4) is 11.5 Å². The van der Waals surface area contributed by atoms with Crippen molar-refractivity contribution >= 4 is 34.9 Å². The number of rotatable bonds is 5. The minimum atomic E-state index is -5.09. The fourth-order valence-corrected chi connectivity index (χ4v) is 2.53. The van der Waals surface area contributed by atoms with E-state index in [0.717, 1.165) is 0 Å². The van der Waals surface area contributed by atoms with Crippen molar-refractivity contribution in [2.24, 2.45) is 0 Å². The first-order valence-corrected chi connectivity index (χ1v) is 8.95. The third-order valence-electron chi connectivity index (χ3n) is 3.71. The van der Waals surface area contributed by atoms with Crippen LogP contribution < -0.4 is 20.7 Å². The van der Waals surface area contributed by atoms with Gasteiger partial charge in [-0.1, -0.05) is 11.6 Å². The average Bonchev–Trinajstić information content (AvgIpc) is 2.80. The van der Waals surface area contributed by atoms with Crippen LogP contribution in [0.15, 0.2) is 60.7 Å². The molecule has 3 rings (SSSR count). The van der Waals surface area contributed by atoms with Crippen molar-refractivity contribution < 1.29 is 35.7 Å². The second kappa shape index (κ2) is 9.56. The number of nitrogens with zero attached hydrogens (tertiary/aromatic N) is 1. The molecular weight excluding hydrogens is 449 g/mol. The van der Waals surface area contributed by atoms with E-state index in [9.17, 15) is 22.8 Å². The number of hydrogen-bond acceptors (Lipinski definition) is 4. The molecule has 0 saturated carbocycles. The number of ether oxygens (including phenoxy) is 1. The Kier molecular flexibility index (Phi) is 4.76. The van der Waals surface area contributed by atoms with Gasteiger partial charge in [0.05, 0.1) is 14.7 Å². The van der Waals surface area contributed by atoms with Crippen LogP contribution in [0.2, 0.25) is 5.02 Å². The third-order valence-corrected chi connectivity index (χ3v) is 4.00. The first-order chi connectivity index (χ1) is 17.6.